The summed E-state index contributed by atoms with van der Waals surface area (Å²) in [7, 11) is 3.29. The zero-order chi connectivity index (χ0) is 13.0. The summed E-state index contributed by atoms with van der Waals surface area (Å²) in [6, 6.07) is 14.3. The van der Waals surface area contributed by atoms with Crippen LogP contribution >= 0.6 is 0 Å². The average molecular weight is 252 g/mol. The van der Waals surface area contributed by atoms with E-state index in [4.69, 9.17) is 14.2 Å². The van der Waals surface area contributed by atoms with Gasteiger partial charge >= 0.3 is 0 Å². The smallest absolute Gasteiger partial charge is 0.176 e. The van der Waals surface area contributed by atoms with Crippen LogP contribution in [0.25, 0.3) is 0 Å². The van der Waals surface area contributed by atoms with E-state index in [9.17, 15) is 0 Å². The summed E-state index contributed by atoms with van der Waals surface area (Å²) in [5.74, 6) is 1.38. The lowest BCUT2D eigenvalue weighted by Gasteiger charge is -2.18. The fraction of sp³-hybridized carbons (Fsp3) is 0.250. The van der Waals surface area contributed by atoms with E-state index in [1.54, 1.807) is 14.2 Å². The highest BCUT2D eigenvalue weighted by Crippen LogP contribution is 2.58. The Morgan fingerprint density at radius 3 is 1.79 bits per heavy atom. The van der Waals surface area contributed by atoms with Gasteiger partial charge in [0.15, 0.2) is 11.5 Å². The van der Waals surface area contributed by atoms with Crippen molar-refractivity contribution in [3.05, 3.63) is 58.7 Å². The van der Waals surface area contributed by atoms with Crippen molar-refractivity contribution in [1.82, 2.24) is 0 Å². The van der Waals surface area contributed by atoms with Crippen LogP contribution in [0.4, 0.5) is 0 Å². The first-order chi connectivity index (χ1) is 9.35. The number of methoxy groups -OCH3 is 2. The standard InChI is InChI=1S/C16H12O3/c1-17-11-7-8-12(18-2)14-13(11)15-9-5-3-4-6-10(9)16(14)19-15/h3-6,15-16H,1-2H3. The summed E-state index contributed by atoms with van der Waals surface area (Å²) in [6.45, 7) is 0. The molecule has 2 heterocycles. The zero-order valence-corrected chi connectivity index (χ0v) is 10.7. The Hall–Kier alpha value is -2.18. The van der Waals surface area contributed by atoms with Crippen LogP contribution in [-0.4, -0.2) is 14.2 Å². The molecule has 0 spiro atoms. The van der Waals surface area contributed by atoms with Gasteiger partial charge in [0.1, 0.15) is 12.2 Å². The maximum atomic E-state index is 6.10. The molecule has 2 aromatic carbocycles. The van der Waals surface area contributed by atoms with Crippen molar-refractivity contribution in [1.29, 1.82) is 0 Å². The van der Waals surface area contributed by atoms with Crippen molar-refractivity contribution in [2.24, 2.45) is 0 Å². The Balaban J connectivity index is 2.00. The molecule has 94 valence electrons. The topological polar surface area (TPSA) is 27.7 Å². The summed E-state index contributed by atoms with van der Waals surface area (Å²) < 4.78 is 16.9. The predicted molar refractivity (Wildman–Crippen MR) is 68.4 cm³/mol. The molecule has 2 aromatic rings. The van der Waals surface area contributed by atoms with Gasteiger partial charge in [-0.05, 0) is 23.3 Å². The van der Waals surface area contributed by atoms with E-state index in [0.717, 1.165) is 11.1 Å². The molecular formula is C16H12O3. The van der Waals surface area contributed by atoms with Crippen LogP contribution in [0.15, 0.2) is 24.3 Å². The summed E-state index contributed by atoms with van der Waals surface area (Å²) in [4.78, 5) is 0. The minimum Gasteiger partial charge on any atom is -0.488 e. The van der Waals surface area contributed by atoms with Crippen LogP contribution < -0.4 is 9.47 Å². The Kier molecular flexibility index (Phi) is 2.06. The number of rotatable bonds is 2. The van der Waals surface area contributed by atoms with E-state index in [-0.39, 0.29) is 12.2 Å². The van der Waals surface area contributed by atoms with E-state index >= 15 is 0 Å². The van der Waals surface area contributed by atoms with Gasteiger partial charge < -0.3 is 14.2 Å². The average Bonchev–Trinajstić information content (AvgIpc) is 3.04. The van der Waals surface area contributed by atoms with E-state index in [1.165, 1.54) is 11.1 Å². The molecule has 0 fully saturated rings. The quantitative estimate of drug-likeness (QED) is 0.822. The predicted octanol–water partition coefficient (Wildman–Crippen LogP) is 2.83. The molecule has 4 rings (SSSR count). The molecular weight excluding hydrogens is 240 g/mol. The lowest BCUT2D eigenvalue weighted by Crippen LogP contribution is -2.06. The van der Waals surface area contributed by atoms with E-state index in [2.05, 4.69) is 24.3 Å². The number of hydrogen-bond acceptors (Lipinski definition) is 3. The van der Waals surface area contributed by atoms with E-state index in [0.29, 0.717) is 11.5 Å². The highest BCUT2D eigenvalue weighted by atomic mass is 16.5. The van der Waals surface area contributed by atoms with Gasteiger partial charge in [0.2, 0.25) is 0 Å². The van der Waals surface area contributed by atoms with Crippen molar-refractivity contribution in [2.75, 3.05) is 14.2 Å². The maximum Gasteiger partial charge on any atom is 0.176 e. The van der Waals surface area contributed by atoms with Crippen molar-refractivity contribution >= 4 is 0 Å². The summed E-state index contributed by atoms with van der Waals surface area (Å²) in [5, 5.41) is 0. The number of fused-ring (bicyclic) bond motifs is 8. The summed E-state index contributed by atoms with van der Waals surface area (Å²) in [6.07, 6.45) is -0.156. The van der Waals surface area contributed by atoms with Gasteiger partial charge in [0.05, 0.1) is 14.2 Å². The number of hydrogen-bond donors (Lipinski definition) is 0. The van der Waals surface area contributed by atoms with Crippen LogP contribution in [0.2, 0.25) is 0 Å². The zero-order valence-electron chi connectivity index (χ0n) is 10.7. The molecule has 2 aliphatic rings. The molecule has 0 aliphatic carbocycles. The largest absolute Gasteiger partial charge is 0.488 e. The molecule has 19 heavy (non-hydrogen) atoms. The number of benzene rings is 1. The molecule has 0 saturated heterocycles. The molecule has 0 N–H and O–H groups in total. The van der Waals surface area contributed by atoms with Crippen molar-refractivity contribution in [2.45, 2.75) is 12.2 Å². The highest BCUT2D eigenvalue weighted by molar-refractivity contribution is 5.61. The van der Waals surface area contributed by atoms with Gasteiger partial charge in [-0.1, -0.05) is 24.3 Å². The van der Waals surface area contributed by atoms with Crippen LogP contribution in [0, 0.1) is 12.1 Å². The Bertz CT molecular complexity index is 607. The third-order valence-electron chi connectivity index (χ3n) is 3.83. The molecule has 0 radical (unpaired) electrons. The van der Waals surface area contributed by atoms with E-state index < -0.39 is 0 Å². The molecule has 3 heteroatoms. The third-order valence-corrected chi connectivity index (χ3v) is 3.83. The second-order valence-electron chi connectivity index (χ2n) is 4.67. The summed E-state index contributed by atoms with van der Waals surface area (Å²) >= 11 is 0. The van der Waals surface area contributed by atoms with Crippen molar-refractivity contribution < 1.29 is 14.2 Å². The van der Waals surface area contributed by atoms with Gasteiger partial charge in [-0.25, -0.2) is 0 Å². The van der Waals surface area contributed by atoms with Gasteiger partial charge in [0.25, 0.3) is 0 Å². The van der Waals surface area contributed by atoms with Crippen molar-refractivity contribution in [3.63, 3.8) is 0 Å². The molecule has 2 bridgehead atoms. The van der Waals surface area contributed by atoms with Gasteiger partial charge in [-0.3, -0.25) is 0 Å². The summed E-state index contributed by atoms with van der Waals surface area (Å²) in [5.41, 5.74) is 4.48. The minimum atomic E-state index is -0.0779. The lowest BCUT2D eigenvalue weighted by atomic mass is 9.85. The van der Waals surface area contributed by atoms with Crippen LogP contribution in [0.3, 0.4) is 0 Å². The third kappa shape index (κ3) is 1.22. The SMILES string of the molecule is COc1c#cc(OC)c2c1C1OC2c2ccccc21. The maximum absolute atomic E-state index is 6.10. The molecule has 2 atom stereocenters. The van der Waals surface area contributed by atoms with Gasteiger partial charge in [0, 0.05) is 11.1 Å². The normalized spacial score (nSPS) is 21.6. The monoisotopic (exact) mass is 252 g/mol. The van der Waals surface area contributed by atoms with Crippen molar-refractivity contribution in [3.8, 4) is 11.5 Å². The molecule has 2 unspecified atom stereocenters. The number of ether oxygens (including phenoxy) is 3. The molecule has 0 saturated carbocycles. The second kappa shape index (κ2) is 3.66. The molecule has 0 aromatic heterocycles. The van der Waals surface area contributed by atoms with Gasteiger partial charge in [-0.15, -0.1) is 0 Å². The van der Waals surface area contributed by atoms with Gasteiger partial charge in [-0.2, -0.15) is 0 Å². The Labute approximate surface area is 111 Å². The Morgan fingerprint density at radius 2 is 1.37 bits per heavy atom. The van der Waals surface area contributed by atoms with E-state index in [1.807, 2.05) is 12.1 Å². The second-order valence-corrected chi connectivity index (χ2v) is 4.67. The Morgan fingerprint density at radius 1 is 0.895 bits per heavy atom. The minimum absolute atomic E-state index is 0.0779. The fourth-order valence-electron chi connectivity index (χ4n) is 3.05. The first-order valence-corrected chi connectivity index (χ1v) is 6.18. The fourth-order valence-corrected chi connectivity index (χ4v) is 3.05. The first kappa shape index (κ1) is 10.7. The molecule has 0 amide bonds. The highest BCUT2D eigenvalue weighted by Gasteiger charge is 2.46. The molecule has 3 nitrogen and oxygen atoms in total. The first-order valence-electron chi connectivity index (χ1n) is 6.18. The van der Waals surface area contributed by atoms with Crippen LogP contribution in [-0.2, 0) is 4.74 Å². The van der Waals surface area contributed by atoms with Crippen LogP contribution in [0.1, 0.15) is 34.5 Å². The molecule has 2 aliphatic heterocycles. The van der Waals surface area contributed by atoms with Crippen LogP contribution in [0.5, 0.6) is 11.5 Å². The lowest BCUT2D eigenvalue weighted by molar-refractivity contribution is 0.0840.